The van der Waals surface area contributed by atoms with Gasteiger partial charge in [0.1, 0.15) is 11.4 Å². The van der Waals surface area contributed by atoms with Crippen LogP contribution in [0.4, 0.5) is 0 Å². The van der Waals surface area contributed by atoms with E-state index in [0.717, 1.165) is 5.56 Å². The molecule has 0 bridgehead atoms. The van der Waals surface area contributed by atoms with Crippen molar-refractivity contribution >= 4 is 17.8 Å². The molecule has 20 heavy (non-hydrogen) atoms. The van der Waals surface area contributed by atoms with Gasteiger partial charge in [-0.3, -0.25) is 0 Å². The van der Waals surface area contributed by atoms with Crippen molar-refractivity contribution in [2.75, 3.05) is 0 Å². The van der Waals surface area contributed by atoms with Gasteiger partial charge in [-0.25, -0.2) is 4.79 Å². The number of carbonyl (C=O) groups is 2. The average Bonchev–Trinajstić information content (AvgIpc) is 2.33. The van der Waals surface area contributed by atoms with Crippen molar-refractivity contribution in [2.45, 2.75) is 46.1 Å². The standard InChI is InChI=1S/C17H22O3/c1-13(18)10-11-15(16(19)20-17(2,3)4)12-14-8-6-5-7-9-14/h5-9,12H,10-11H2,1-4H3/b15-12+. The SMILES string of the molecule is CC(=O)CC/C(=C\c1ccccc1)C(=O)OC(C)(C)C. The molecular weight excluding hydrogens is 252 g/mol. The molecule has 0 saturated heterocycles. The Kier molecular flexibility index (Phi) is 5.68. The zero-order chi connectivity index (χ0) is 15.2. The molecule has 0 aliphatic carbocycles. The lowest BCUT2D eigenvalue weighted by atomic mass is 10.0. The molecule has 3 nitrogen and oxygen atoms in total. The Morgan fingerprint density at radius 3 is 2.20 bits per heavy atom. The molecule has 0 aromatic heterocycles. The summed E-state index contributed by atoms with van der Waals surface area (Å²) in [6.45, 7) is 7.01. The molecule has 0 radical (unpaired) electrons. The summed E-state index contributed by atoms with van der Waals surface area (Å²) in [6, 6.07) is 9.56. The lowest BCUT2D eigenvalue weighted by molar-refractivity contribution is -0.149. The van der Waals surface area contributed by atoms with Crippen LogP contribution < -0.4 is 0 Å². The van der Waals surface area contributed by atoms with Gasteiger partial charge in [0, 0.05) is 12.0 Å². The van der Waals surface area contributed by atoms with E-state index in [-0.39, 0.29) is 11.8 Å². The Labute approximate surface area is 120 Å². The van der Waals surface area contributed by atoms with Crippen molar-refractivity contribution in [2.24, 2.45) is 0 Å². The monoisotopic (exact) mass is 274 g/mol. The van der Waals surface area contributed by atoms with Crippen LogP contribution in [0.5, 0.6) is 0 Å². The van der Waals surface area contributed by atoms with Crippen molar-refractivity contribution in [3.63, 3.8) is 0 Å². The van der Waals surface area contributed by atoms with Gasteiger partial charge >= 0.3 is 5.97 Å². The van der Waals surface area contributed by atoms with Gasteiger partial charge in [-0.2, -0.15) is 0 Å². The third-order valence-electron chi connectivity index (χ3n) is 2.55. The minimum atomic E-state index is -0.539. The van der Waals surface area contributed by atoms with Gasteiger partial charge in [0.2, 0.25) is 0 Å². The third kappa shape index (κ3) is 6.32. The second-order valence-electron chi connectivity index (χ2n) is 5.78. The Balaban J connectivity index is 2.93. The van der Waals surface area contributed by atoms with Crippen molar-refractivity contribution < 1.29 is 14.3 Å². The molecular formula is C17H22O3. The molecule has 0 N–H and O–H groups in total. The van der Waals surface area contributed by atoms with Crippen LogP contribution in [0.3, 0.4) is 0 Å². The summed E-state index contributed by atoms with van der Waals surface area (Å²) in [6.07, 6.45) is 2.54. The molecule has 1 rings (SSSR count). The fraction of sp³-hybridized carbons (Fsp3) is 0.412. The van der Waals surface area contributed by atoms with Gasteiger partial charge in [0.15, 0.2) is 0 Å². The Morgan fingerprint density at radius 1 is 1.10 bits per heavy atom. The molecule has 0 atom stereocenters. The highest BCUT2D eigenvalue weighted by Crippen LogP contribution is 2.17. The van der Waals surface area contributed by atoms with Crippen molar-refractivity contribution in [1.29, 1.82) is 0 Å². The maximum atomic E-state index is 12.2. The molecule has 0 fully saturated rings. The summed E-state index contributed by atoms with van der Waals surface area (Å²) in [4.78, 5) is 23.3. The highest BCUT2D eigenvalue weighted by Gasteiger charge is 2.20. The fourth-order valence-electron chi connectivity index (χ4n) is 1.64. The molecule has 0 aliphatic rings. The zero-order valence-electron chi connectivity index (χ0n) is 12.6. The number of ketones is 1. The molecule has 1 aromatic rings. The van der Waals surface area contributed by atoms with Crippen LogP contribution in [-0.4, -0.2) is 17.4 Å². The summed E-state index contributed by atoms with van der Waals surface area (Å²) >= 11 is 0. The lowest BCUT2D eigenvalue weighted by Crippen LogP contribution is -2.25. The van der Waals surface area contributed by atoms with Gasteiger partial charge in [0.05, 0.1) is 0 Å². The number of benzene rings is 1. The predicted molar refractivity (Wildman–Crippen MR) is 80.2 cm³/mol. The Morgan fingerprint density at radius 2 is 1.70 bits per heavy atom. The van der Waals surface area contributed by atoms with E-state index in [2.05, 4.69) is 0 Å². The van der Waals surface area contributed by atoms with Crippen LogP contribution in [-0.2, 0) is 14.3 Å². The second-order valence-corrected chi connectivity index (χ2v) is 5.78. The van der Waals surface area contributed by atoms with Crippen molar-refractivity contribution in [1.82, 2.24) is 0 Å². The molecule has 0 spiro atoms. The smallest absolute Gasteiger partial charge is 0.334 e. The predicted octanol–water partition coefficient (Wildman–Crippen LogP) is 3.78. The van der Waals surface area contributed by atoms with Gasteiger partial charge in [-0.05, 0) is 45.8 Å². The minimum Gasteiger partial charge on any atom is -0.457 e. The highest BCUT2D eigenvalue weighted by molar-refractivity contribution is 5.94. The largest absolute Gasteiger partial charge is 0.457 e. The fourth-order valence-corrected chi connectivity index (χ4v) is 1.64. The Bertz CT molecular complexity index is 493. The van der Waals surface area contributed by atoms with Gasteiger partial charge in [-0.1, -0.05) is 30.3 Å². The molecule has 1 aromatic carbocycles. The van der Waals surface area contributed by atoms with Crippen LogP contribution >= 0.6 is 0 Å². The quantitative estimate of drug-likeness (QED) is 0.606. The first-order valence-corrected chi connectivity index (χ1v) is 6.76. The first-order valence-electron chi connectivity index (χ1n) is 6.76. The first kappa shape index (κ1) is 16.2. The normalized spacial score (nSPS) is 12.1. The van der Waals surface area contributed by atoms with Crippen LogP contribution in [0.1, 0.15) is 46.1 Å². The van der Waals surface area contributed by atoms with E-state index in [1.165, 1.54) is 6.92 Å². The van der Waals surface area contributed by atoms with E-state index in [9.17, 15) is 9.59 Å². The van der Waals surface area contributed by atoms with Crippen molar-refractivity contribution in [3.05, 3.63) is 41.5 Å². The summed E-state index contributed by atoms with van der Waals surface area (Å²) in [7, 11) is 0. The minimum absolute atomic E-state index is 0.0625. The molecule has 108 valence electrons. The average molecular weight is 274 g/mol. The zero-order valence-corrected chi connectivity index (χ0v) is 12.6. The second kappa shape index (κ2) is 7.04. The molecule has 0 heterocycles. The van der Waals surface area contributed by atoms with E-state index >= 15 is 0 Å². The van der Waals surface area contributed by atoms with Crippen LogP contribution in [0, 0.1) is 0 Å². The van der Waals surface area contributed by atoms with E-state index in [4.69, 9.17) is 4.74 Å². The summed E-state index contributed by atoms with van der Waals surface area (Å²) in [5.41, 5.74) is 0.918. The van der Waals surface area contributed by atoms with Crippen LogP contribution in [0.2, 0.25) is 0 Å². The molecule has 0 unspecified atom stereocenters. The maximum absolute atomic E-state index is 12.2. The lowest BCUT2D eigenvalue weighted by Gasteiger charge is -2.20. The molecule has 0 amide bonds. The van der Waals surface area contributed by atoms with Crippen LogP contribution in [0.15, 0.2) is 35.9 Å². The molecule has 3 heteroatoms. The summed E-state index contributed by atoms with van der Waals surface area (Å²) < 4.78 is 5.39. The summed E-state index contributed by atoms with van der Waals surface area (Å²) in [5.74, 6) is -0.296. The number of rotatable bonds is 5. The topological polar surface area (TPSA) is 43.4 Å². The Hall–Kier alpha value is -1.90. The van der Waals surface area contributed by atoms with E-state index < -0.39 is 5.60 Å². The number of Topliss-reactive ketones (excluding diaryl/α,β-unsaturated/α-hetero) is 1. The maximum Gasteiger partial charge on any atom is 0.334 e. The van der Waals surface area contributed by atoms with Gasteiger partial charge < -0.3 is 9.53 Å². The first-order chi connectivity index (χ1) is 9.28. The number of hydrogen-bond acceptors (Lipinski definition) is 3. The highest BCUT2D eigenvalue weighted by atomic mass is 16.6. The van der Waals surface area contributed by atoms with Gasteiger partial charge in [0.25, 0.3) is 0 Å². The van der Waals surface area contributed by atoms with Crippen LogP contribution in [0.25, 0.3) is 6.08 Å². The number of hydrogen-bond donors (Lipinski definition) is 0. The molecule has 0 aliphatic heterocycles. The number of carbonyl (C=O) groups excluding carboxylic acids is 2. The van der Waals surface area contributed by atoms with Gasteiger partial charge in [-0.15, -0.1) is 0 Å². The van der Waals surface area contributed by atoms with Crippen molar-refractivity contribution in [3.8, 4) is 0 Å². The van der Waals surface area contributed by atoms with E-state index in [1.807, 2.05) is 51.1 Å². The molecule has 0 saturated carbocycles. The van der Waals surface area contributed by atoms with E-state index in [1.54, 1.807) is 6.08 Å². The third-order valence-corrected chi connectivity index (χ3v) is 2.55. The summed E-state index contributed by atoms with van der Waals surface area (Å²) in [5, 5.41) is 0. The van der Waals surface area contributed by atoms with E-state index in [0.29, 0.717) is 18.4 Å². The number of ether oxygens (including phenoxy) is 1. The number of esters is 1.